The van der Waals surface area contributed by atoms with E-state index in [1.807, 2.05) is 17.5 Å². The van der Waals surface area contributed by atoms with Gasteiger partial charge >= 0.3 is 0 Å². The third-order valence-electron chi connectivity index (χ3n) is 3.50. The van der Waals surface area contributed by atoms with Gasteiger partial charge < -0.3 is 0 Å². The number of ketones is 1. The van der Waals surface area contributed by atoms with Crippen LogP contribution in [0.25, 0.3) is 10.1 Å². The number of thiophene rings is 1. The zero-order valence-corrected chi connectivity index (χ0v) is 12.2. The van der Waals surface area contributed by atoms with E-state index in [1.165, 1.54) is 11.1 Å². The minimum absolute atomic E-state index is 0.236. The van der Waals surface area contributed by atoms with Crippen LogP contribution in [-0.4, -0.2) is 5.78 Å². The largest absolute Gasteiger partial charge is 0.294 e. The second kappa shape index (κ2) is 5.59. The maximum Gasteiger partial charge on any atom is 0.164 e. The van der Waals surface area contributed by atoms with E-state index in [4.69, 9.17) is 0 Å². The lowest BCUT2D eigenvalue weighted by Crippen LogP contribution is -2.01. The quantitative estimate of drug-likeness (QED) is 0.613. The zero-order valence-electron chi connectivity index (χ0n) is 11.4. The molecule has 0 bridgehead atoms. The first-order valence-electron chi connectivity index (χ1n) is 6.79. The van der Waals surface area contributed by atoms with Crippen molar-refractivity contribution in [2.24, 2.45) is 0 Å². The fourth-order valence-electron chi connectivity index (χ4n) is 2.47. The monoisotopic (exact) mass is 280 g/mol. The van der Waals surface area contributed by atoms with Crippen LogP contribution in [0.3, 0.4) is 0 Å². The molecule has 0 aliphatic heterocycles. The van der Waals surface area contributed by atoms with Crippen molar-refractivity contribution in [3.63, 3.8) is 0 Å². The number of hydrogen-bond acceptors (Lipinski definition) is 2. The smallest absolute Gasteiger partial charge is 0.164 e. The Labute approximate surface area is 122 Å². The normalized spacial score (nSPS) is 10.8. The second-order valence-electron chi connectivity index (χ2n) is 5.06. The van der Waals surface area contributed by atoms with E-state index in [0.29, 0.717) is 6.42 Å². The molecule has 0 aliphatic carbocycles. The molecule has 100 valence electrons. The van der Waals surface area contributed by atoms with Crippen LogP contribution >= 0.6 is 11.3 Å². The zero-order chi connectivity index (χ0) is 13.9. The average molecular weight is 280 g/mol. The Morgan fingerprint density at radius 1 is 1.10 bits per heavy atom. The highest BCUT2D eigenvalue weighted by Gasteiger charge is 2.10. The molecule has 20 heavy (non-hydrogen) atoms. The van der Waals surface area contributed by atoms with Crippen molar-refractivity contribution in [2.75, 3.05) is 0 Å². The third kappa shape index (κ3) is 2.66. The van der Waals surface area contributed by atoms with Gasteiger partial charge in [-0.25, -0.2) is 0 Å². The Kier molecular flexibility index (Phi) is 3.66. The Bertz CT molecular complexity index is 755. The van der Waals surface area contributed by atoms with Crippen LogP contribution in [0.15, 0.2) is 53.9 Å². The summed E-state index contributed by atoms with van der Waals surface area (Å²) in [4.78, 5) is 12.4. The predicted octanol–water partition coefficient (Wildman–Crippen LogP) is 5.03. The summed E-state index contributed by atoms with van der Waals surface area (Å²) >= 11 is 1.65. The first-order valence-corrected chi connectivity index (χ1v) is 7.67. The number of Topliss-reactive ketones (excluding diaryl/α,β-unsaturated/α-hetero) is 1. The number of hydrogen-bond donors (Lipinski definition) is 0. The van der Waals surface area contributed by atoms with Crippen molar-refractivity contribution in [2.45, 2.75) is 19.8 Å². The third-order valence-corrected chi connectivity index (χ3v) is 4.47. The van der Waals surface area contributed by atoms with E-state index in [9.17, 15) is 4.79 Å². The van der Waals surface area contributed by atoms with Gasteiger partial charge in [-0.05, 0) is 41.8 Å². The molecule has 0 spiro atoms. The van der Waals surface area contributed by atoms with E-state index >= 15 is 0 Å². The van der Waals surface area contributed by atoms with Crippen LogP contribution in [0.2, 0.25) is 0 Å². The van der Waals surface area contributed by atoms with Gasteiger partial charge in [0.1, 0.15) is 0 Å². The molecule has 0 radical (unpaired) electrons. The highest BCUT2D eigenvalue weighted by atomic mass is 32.1. The van der Waals surface area contributed by atoms with E-state index in [-0.39, 0.29) is 5.78 Å². The molecule has 1 heterocycles. The van der Waals surface area contributed by atoms with Gasteiger partial charge in [0, 0.05) is 16.7 Å². The van der Waals surface area contributed by atoms with Crippen LogP contribution in [0.1, 0.15) is 27.9 Å². The van der Waals surface area contributed by atoms with Gasteiger partial charge in [-0.1, -0.05) is 42.0 Å². The lowest BCUT2D eigenvalue weighted by molar-refractivity contribution is 0.0984. The first-order chi connectivity index (χ1) is 9.74. The van der Waals surface area contributed by atoms with Crippen LogP contribution in [0.4, 0.5) is 0 Å². The molecule has 3 rings (SSSR count). The van der Waals surface area contributed by atoms with Gasteiger partial charge in [0.2, 0.25) is 0 Å². The SMILES string of the molecule is Cc1cccc(CCC(=O)c2cccc3ccsc23)c1. The molecule has 1 nitrogen and oxygen atoms in total. The minimum atomic E-state index is 0.236. The molecule has 3 aromatic rings. The Balaban J connectivity index is 1.78. The first kappa shape index (κ1) is 13.1. The van der Waals surface area contributed by atoms with Crippen molar-refractivity contribution in [3.8, 4) is 0 Å². The molecule has 0 amide bonds. The van der Waals surface area contributed by atoms with Crippen LogP contribution < -0.4 is 0 Å². The maximum absolute atomic E-state index is 12.4. The summed E-state index contributed by atoms with van der Waals surface area (Å²) in [6.45, 7) is 2.08. The van der Waals surface area contributed by atoms with Crippen molar-refractivity contribution in [1.29, 1.82) is 0 Å². The predicted molar refractivity (Wildman–Crippen MR) is 85.7 cm³/mol. The summed E-state index contributed by atoms with van der Waals surface area (Å²) in [5, 5.41) is 3.21. The Morgan fingerprint density at radius 2 is 1.95 bits per heavy atom. The number of carbonyl (C=O) groups excluding carboxylic acids is 1. The van der Waals surface area contributed by atoms with Gasteiger partial charge in [0.25, 0.3) is 0 Å². The van der Waals surface area contributed by atoms with Crippen molar-refractivity contribution in [3.05, 3.63) is 70.6 Å². The number of benzene rings is 2. The molecular weight excluding hydrogens is 264 g/mol. The summed E-state index contributed by atoms with van der Waals surface area (Å²) in [6.07, 6.45) is 1.38. The topological polar surface area (TPSA) is 17.1 Å². The van der Waals surface area contributed by atoms with Crippen LogP contribution in [0, 0.1) is 6.92 Å². The Hall–Kier alpha value is -1.93. The summed E-state index contributed by atoms with van der Waals surface area (Å²) in [7, 11) is 0. The molecule has 0 saturated heterocycles. The van der Waals surface area contributed by atoms with Gasteiger partial charge in [-0.2, -0.15) is 0 Å². The standard InChI is InChI=1S/C18H16OS/c1-13-4-2-5-14(12-13)8-9-17(19)16-7-3-6-15-10-11-20-18(15)16/h2-7,10-12H,8-9H2,1H3. The summed E-state index contributed by atoms with van der Waals surface area (Å²) < 4.78 is 1.11. The molecule has 0 N–H and O–H groups in total. The number of aryl methyl sites for hydroxylation is 2. The molecule has 0 atom stereocenters. The average Bonchev–Trinajstić information content (AvgIpc) is 2.93. The minimum Gasteiger partial charge on any atom is -0.294 e. The van der Waals surface area contributed by atoms with E-state index in [2.05, 4.69) is 43.3 Å². The van der Waals surface area contributed by atoms with Crippen molar-refractivity contribution in [1.82, 2.24) is 0 Å². The van der Waals surface area contributed by atoms with E-state index in [1.54, 1.807) is 11.3 Å². The van der Waals surface area contributed by atoms with Gasteiger partial charge in [-0.15, -0.1) is 11.3 Å². The van der Waals surface area contributed by atoms with Crippen LogP contribution in [0.5, 0.6) is 0 Å². The molecule has 0 unspecified atom stereocenters. The highest BCUT2D eigenvalue weighted by molar-refractivity contribution is 7.17. The van der Waals surface area contributed by atoms with E-state index in [0.717, 1.165) is 22.1 Å². The lowest BCUT2D eigenvalue weighted by Gasteiger charge is -2.04. The fraction of sp³-hybridized carbons (Fsp3) is 0.167. The van der Waals surface area contributed by atoms with Crippen molar-refractivity contribution >= 4 is 27.2 Å². The van der Waals surface area contributed by atoms with Gasteiger partial charge in [0.15, 0.2) is 5.78 Å². The molecule has 0 aliphatic rings. The Morgan fingerprint density at radius 3 is 2.80 bits per heavy atom. The van der Waals surface area contributed by atoms with Gasteiger partial charge in [-0.3, -0.25) is 4.79 Å². The molecular formula is C18H16OS. The molecule has 0 saturated carbocycles. The van der Waals surface area contributed by atoms with Gasteiger partial charge in [0.05, 0.1) is 0 Å². The summed E-state index contributed by atoms with van der Waals surface area (Å²) in [5.74, 6) is 0.236. The summed E-state index contributed by atoms with van der Waals surface area (Å²) in [5.41, 5.74) is 3.34. The second-order valence-corrected chi connectivity index (χ2v) is 5.97. The molecule has 2 aromatic carbocycles. The fourth-order valence-corrected chi connectivity index (χ4v) is 3.40. The molecule has 2 heteroatoms. The molecule has 0 fully saturated rings. The number of rotatable bonds is 4. The maximum atomic E-state index is 12.4. The number of fused-ring (bicyclic) bond motifs is 1. The van der Waals surface area contributed by atoms with E-state index < -0.39 is 0 Å². The van der Waals surface area contributed by atoms with Crippen molar-refractivity contribution < 1.29 is 4.79 Å². The number of carbonyl (C=O) groups is 1. The van der Waals surface area contributed by atoms with Crippen LogP contribution in [-0.2, 0) is 6.42 Å². The molecule has 1 aromatic heterocycles. The summed E-state index contributed by atoms with van der Waals surface area (Å²) in [6, 6.07) is 16.4. The lowest BCUT2D eigenvalue weighted by atomic mass is 10.0. The highest BCUT2D eigenvalue weighted by Crippen LogP contribution is 2.26.